The molecule has 0 spiro atoms. The molecule has 1 amide bonds. The number of hydrogen-bond donors (Lipinski definition) is 5. The van der Waals surface area contributed by atoms with Crippen molar-refractivity contribution in [2.24, 2.45) is 0 Å². The quantitative estimate of drug-likeness (QED) is 0.473. The van der Waals surface area contributed by atoms with Crippen molar-refractivity contribution in [2.45, 2.75) is 12.1 Å². The molecular formula is C17H17N3O4. The zero-order valence-electron chi connectivity index (χ0n) is 12.7. The average Bonchev–Trinajstić information content (AvgIpc) is 2.98. The van der Waals surface area contributed by atoms with E-state index in [0.29, 0.717) is 22.2 Å². The lowest BCUT2D eigenvalue weighted by atomic mass is 10.0. The topological polar surface area (TPSA) is 118 Å². The minimum Gasteiger partial charge on any atom is -0.394 e. The molecule has 0 saturated carbocycles. The Morgan fingerprint density at radius 3 is 2.50 bits per heavy atom. The van der Waals surface area contributed by atoms with Gasteiger partial charge in [0.15, 0.2) is 0 Å². The molecule has 0 saturated heterocycles. The first-order chi connectivity index (χ1) is 11.6. The largest absolute Gasteiger partial charge is 0.394 e. The number of benzene rings is 2. The maximum absolute atomic E-state index is 12.4. The molecule has 7 heteroatoms. The zero-order chi connectivity index (χ0) is 17.1. The second-order valence-corrected chi connectivity index (χ2v) is 5.46. The van der Waals surface area contributed by atoms with E-state index in [-0.39, 0.29) is 5.69 Å². The van der Waals surface area contributed by atoms with Crippen molar-refractivity contribution in [3.05, 3.63) is 70.1 Å². The standard InChI is InChI=1S/C17H17N3O4/c21-9-14(15(22)10-4-2-1-3-5-10)18-16(23)11-6-7-12-13(8-11)20-17(24)19-12/h1-8,14-15,21-22H,9H2,(H,18,23)(H2,19,20,24). The van der Waals surface area contributed by atoms with Crippen LogP contribution in [0.25, 0.3) is 11.0 Å². The maximum atomic E-state index is 12.4. The van der Waals surface area contributed by atoms with Crippen LogP contribution >= 0.6 is 0 Å². The third-order valence-corrected chi connectivity index (χ3v) is 3.81. The second-order valence-electron chi connectivity index (χ2n) is 5.46. The summed E-state index contributed by atoms with van der Waals surface area (Å²) in [6.45, 7) is -0.412. The van der Waals surface area contributed by atoms with Gasteiger partial charge in [-0.1, -0.05) is 30.3 Å². The molecule has 0 aliphatic rings. The fraction of sp³-hybridized carbons (Fsp3) is 0.176. The molecule has 0 radical (unpaired) electrons. The number of carbonyl (C=O) groups excluding carboxylic acids is 1. The van der Waals surface area contributed by atoms with Crippen molar-refractivity contribution in [3.63, 3.8) is 0 Å². The molecule has 1 aromatic heterocycles. The van der Waals surface area contributed by atoms with Crippen molar-refractivity contribution < 1.29 is 15.0 Å². The van der Waals surface area contributed by atoms with Gasteiger partial charge in [-0.25, -0.2) is 4.79 Å². The molecule has 1 heterocycles. The lowest BCUT2D eigenvalue weighted by Crippen LogP contribution is -2.41. The van der Waals surface area contributed by atoms with Gasteiger partial charge < -0.3 is 25.5 Å². The highest BCUT2D eigenvalue weighted by Crippen LogP contribution is 2.17. The van der Waals surface area contributed by atoms with Gasteiger partial charge in [0.25, 0.3) is 5.91 Å². The van der Waals surface area contributed by atoms with E-state index >= 15 is 0 Å². The number of aliphatic hydroxyl groups excluding tert-OH is 2. The van der Waals surface area contributed by atoms with Gasteiger partial charge in [0.2, 0.25) is 0 Å². The number of amides is 1. The SMILES string of the molecule is O=C(NC(CO)C(O)c1ccccc1)c1ccc2[nH]c(=O)[nH]c2c1. The third kappa shape index (κ3) is 3.22. The molecule has 7 nitrogen and oxygen atoms in total. The van der Waals surface area contributed by atoms with E-state index in [0.717, 1.165) is 0 Å². The molecule has 124 valence electrons. The first kappa shape index (κ1) is 16.0. The zero-order valence-corrected chi connectivity index (χ0v) is 12.7. The van der Waals surface area contributed by atoms with Gasteiger partial charge in [0.05, 0.1) is 23.7 Å². The van der Waals surface area contributed by atoms with Crippen LogP contribution in [0.3, 0.4) is 0 Å². The molecule has 24 heavy (non-hydrogen) atoms. The Balaban J connectivity index is 1.79. The molecule has 0 bridgehead atoms. The van der Waals surface area contributed by atoms with E-state index in [1.165, 1.54) is 6.07 Å². The van der Waals surface area contributed by atoms with E-state index in [4.69, 9.17) is 0 Å². The van der Waals surface area contributed by atoms with Crippen LogP contribution in [0, 0.1) is 0 Å². The van der Waals surface area contributed by atoms with Gasteiger partial charge in [0.1, 0.15) is 6.10 Å². The summed E-state index contributed by atoms with van der Waals surface area (Å²) in [6.07, 6.45) is -1.03. The number of hydrogen-bond acceptors (Lipinski definition) is 4. The number of aliphatic hydroxyl groups is 2. The van der Waals surface area contributed by atoms with Crippen molar-refractivity contribution in [2.75, 3.05) is 6.61 Å². The Morgan fingerprint density at radius 2 is 1.79 bits per heavy atom. The van der Waals surface area contributed by atoms with Crippen LogP contribution < -0.4 is 11.0 Å². The van der Waals surface area contributed by atoms with Crippen molar-refractivity contribution in [1.29, 1.82) is 0 Å². The molecule has 3 rings (SSSR count). The summed E-state index contributed by atoms with van der Waals surface area (Å²) < 4.78 is 0. The van der Waals surface area contributed by atoms with E-state index in [1.807, 2.05) is 6.07 Å². The highest BCUT2D eigenvalue weighted by Gasteiger charge is 2.22. The number of aromatic amines is 2. The predicted molar refractivity (Wildman–Crippen MR) is 88.7 cm³/mol. The summed E-state index contributed by atoms with van der Waals surface area (Å²) in [6, 6.07) is 12.7. The Kier molecular flexibility index (Phi) is 4.45. The lowest BCUT2D eigenvalue weighted by Gasteiger charge is -2.22. The van der Waals surface area contributed by atoms with Crippen LogP contribution in [0.4, 0.5) is 0 Å². The summed E-state index contributed by atoms with van der Waals surface area (Å²) in [4.78, 5) is 28.8. The molecule has 3 aromatic rings. The minimum absolute atomic E-state index is 0.316. The number of carbonyl (C=O) groups is 1. The average molecular weight is 327 g/mol. The van der Waals surface area contributed by atoms with E-state index < -0.39 is 24.7 Å². The predicted octanol–water partition coefficient (Wildman–Crippen LogP) is 0.680. The van der Waals surface area contributed by atoms with Crippen LogP contribution in [-0.2, 0) is 0 Å². The number of fused-ring (bicyclic) bond motifs is 1. The first-order valence-electron chi connectivity index (χ1n) is 7.45. The highest BCUT2D eigenvalue weighted by molar-refractivity contribution is 5.97. The number of rotatable bonds is 5. The second kappa shape index (κ2) is 6.69. The smallest absolute Gasteiger partial charge is 0.323 e. The maximum Gasteiger partial charge on any atom is 0.323 e. The van der Waals surface area contributed by atoms with Gasteiger partial charge in [-0.15, -0.1) is 0 Å². The van der Waals surface area contributed by atoms with Crippen molar-refractivity contribution >= 4 is 16.9 Å². The number of nitrogens with one attached hydrogen (secondary N) is 3. The Morgan fingerprint density at radius 1 is 1.08 bits per heavy atom. The van der Waals surface area contributed by atoms with Crippen LogP contribution in [0.15, 0.2) is 53.3 Å². The summed E-state index contributed by atoms with van der Waals surface area (Å²) in [5.74, 6) is -0.451. The first-order valence-corrected chi connectivity index (χ1v) is 7.45. The van der Waals surface area contributed by atoms with Gasteiger partial charge >= 0.3 is 5.69 Å². The fourth-order valence-electron chi connectivity index (χ4n) is 2.53. The van der Waals surface area contributed by atoms with Gasteiger partial charge in [-0.2, -0.15) is 0 Å². The molecule has 2 unspecified atom stereocenters. The van der Waals surface area contributed by atoms with E-state index in [9.17, 15) is 19.8 Å². The normalized spacial score (nSPS) is 13.6. The van der Waals surface area contributed by atoms with E-state index in [2.05, 4.69) is 15.3 Å². The molecule has 0 aliphatic carbocycles. The molecule has 0 fully saturated rings. The van der Waals surface area contributed by atoms with Crippen LogP contribution in [0.5, 0.6) is 0 Å². The molecule has 2 atom stereocenters. The third-order valence-electron chi connectivity index (χ3n) is 3.81. The van der Waals surface area contributed by atoms with Crippen LogP contribution in [0.2, 0.25) is 0 Å². The summed E-state index contributed by atoms with van der Waals surface area (Å²) in [5, 5.41) is 22.4. The summed E-state index contributed by atoms with van der Waals surface area (Å²) in [5.41, 5.74) is 1.67. The fourth-order valence-corrected chi connectivity index (χ4v) is 2.53. The molecule has 0 aliphatic heterocycles. The van der Waals surface area contributed by atoms with E-state index in [1.54, 1.807) is 36.4 Å². The Bertz CT molecular complexity index is 901. The van der Waals surface area contributed by atoms with Crippen molar-refractivity contribution in [1.82, 2.24) is 15.3 Å². The number of H-pyrrole nitrogens is 2. The monoisotopic (exact) mass is 327 g/mol. The van der Waals surface area contributed by atoms with Gasteiger partial charge in [0, 0.05) is 5.56 Å². The molecule has 5 N–H and O–H groups in total. The summed E-state index contributed by atoms with van der Waals surface area (Å²) >= 11 is 0. The summed E-state index contributed by atoms with van der Waals surface area (Å²) in [7, 11) is 0. The van der Waals surface area contributed by atoms with Gasteiger partial charge in [-0.3, -0.25) is 4.79 Å². The Hall–Kier alpha value is -2.90. The van der Waals surface area contributed by atoms with Crippen LogP contribution in [0.1, 0.15) is 22.0 Å². The van der Waals surface area contributed by atoms with Gasteiger partial charge in [-0.05, 0) is 23.8 Å². The molecular weight excluding hydrogens is 310 g/mol. The minimum atomic E-state index is -1.03. The lowest BCUT2D eigenvalue weighted by molar-refractivity contribution is 0.0703. The molecule has 2 aromatic carbocycles. The highest BCUT2D eigenvalue weighted by atomic mass is 16.3. The Labute approximate surface area is 137 Å². The number of imidazole rings is 1. The van der Waals surface area contributed by atoms with Crippen molar-refractivity contribution in [3.8, 4) is 0 Å². The van der Waals surface area contributed by atoms with Crippen LogP contribution in [-0.4, -0.2) is 38.7 Å². The number of aromatic nitrogens is 2.